The van der Waals surface area contributed by atoms with Gasteiger partial charge in [0, 0.05) is 48.3 Å². The first kappa shape index (κ1) is 25.1. The molecule has 4 N–H and O–H groups in total. The summed E-state index contributed by atoms with van der Waals surface area (Å²) in [5, 5.41) is 20.5. The predicted molar refractivity (Wildman–Crippen MR) is 153 cm³/mol. The highest BCUT2D eigenvalue weighted by atomic mass is 16.3. The van der Waals surface area contributed by atoms with Crippen molar-refractivity contribution in [2.45, 2.75) is 57.6 Å². The van der Waals surface area contributed by atoms with Gasteiger partial charge < -0.3 is 20.7 Å². The minimum atomic E-state index is -0.489. The number of fused-ring (bicyclic) bond motifs is 2. The second kappa shape index (κ2) is 9.81. The lowest BCUT2D eigenvalue weighted by Crippen LogP contribution is -2.29. The molecule has 1 saturated carbocycles. The third-order valence-electron chi connectivity index (χ3n) is 7.73. The van der Waals surface area contributed by atoms with E-state index in [-0.39, 0.29) is 18.1 Å². The summed E-state index contributed by atoms with van der Waals surface area (Å²) in [5.41, 5.74) is 12.3. The number of primary amides is 1. The van der Waals surface area contributed by atoms with E-state index in [2.05, 4.69) is 31.3 Å². The van der Waals surface area contributed by atoms with E-state index in [1.165, 1.54) is 0 Å². The van der Waals surface area contributed by atoms with Gasteiger partial charge in [0.1, 0.15) is 5.65 Å². The van der Waals surface area contributed by atoms with Crippen LogP contribution in [0.4, 0.5) is 5.69 Å². The lowest BCUT2D eigenvalue weighted by atomic mass is 9.92. The number of benzene rings is 1. The third kappa shape index (κ3) is 4.52. The van der Waals surface area contributed by atoms with Gasteiger partial charge in [0.25, 0.3) is 5.91 Å². The number of rotatable bonds is 6. The molecular formula is C30H33N7O2. The first-order valence-electron chi connectivity index (χ1n) is 13.5. The van der Waals surface area contributed by atoms with Gasteiger partial charge in [-0.25, -0.2) is 14.6 Å². The van der Waals surface area contributed by atoms with Crippen LogP contribution in [0.5, 0.6) is 0 Å². The van der Waals surface area contributed by atoms with E-state index in [1.54, 1.807) is 12.3 Å². The fourth-order valence-corrected chi connectivity index (χ4v) is 5.63. The SMILES string of the molecule is CC(C)c1nn(-c2ccc(C(N)=O)c(NC3CCC(O)CC3)c2)c2nccc(-c3cnc4c(ccn4C)c3)c12. The highest BCUT2D eigenvalue weighted by Gasteiger charge is 2.23. The Bertz CT molecular complexity index is 1690. The van der Waals surface area contributed by atoms with Crippen molar-refractivity contribution in [3.8, 4) is 16.8 Å². The molecule has 1 aromatic carbocycles. The smallest absolute Gasteiger partial charge is 0.250 e. The normalized spacial score (nSPS) is 17.8. The van der Waals surface area contributed by atoms with E-state index in [0.717, 1.165) is 70.3 Å². The summed E-state index contributed by atoms with van der Waals surface area (Å²) in [5.74, 6) is -0.335. The van der Waals surface area contributed by atoms with Crippen molar-refractivity contribution >= 4 is 33.7 Å². The van der Waals surface area contributed by atoms with Crippen molar-refractivity contribution < 1.29 is 9.90 Å². The van der Waals surface area contributed by atoms with Gasteiger partial charge in [0.2, 0.25) is 0 Å². The zero-order valence-corrected chi connectivity index (χ0v) is 22.4. The van der Waals surface area contributed by atoms with Crippen LogP contribution in [0.1, 0.15) is 61.5 Å². The third-order valence-corrected chi connectivity index (χ3v) is 7.73. The summed E-state index contributed by atoms with van der Waals surface area (Å²) in [6, 6.07) is 11.9. The van der Waals surface area contributed by atoms with Gasteiger partial charge in [-0.05, 0) is 73.6 Å². The standard InChI is InChI=1S/C30H33N7O2/c1-17(2)27-26-23(19-14-18-11-13-36(3)29(18)33-16-19)10-12-32-30(26)37(35-27)21-6-9-24(28(31)39)25(15-21)34-20-4-7-22(38)8-5-20/h6,9-17,20,22,34,38H,4-5,7-8H2,1-3H3,(H2,31,39). The second-order valence-electron chi connectivity index (χ2n) is 10.8. The number of amides is 1. The number of aromatic nitrogens is 5. The molecule has 4 heterocycles. The molecule has 0 spiro atoms. The molecule has 5 aromatic rings. The molecule has 0 radical (unpaired) electrons. The number of anilines is 1. The Morgan fingerprint density at radius 1 is 1.08 bits per heavy atom. The molecule has 1 amide bonds. The predicted octanol–water partition coefficient (Wildman–Crippen LogP) is 4.91. The van der Waals surface area contributed by atoms with E-state index >= 15 is 0 Å². The molecule has 1 aliphatic rings. The number of pyridine rings is 2. The van der Waals surface area contributed by atoms with Crippen LogP contribution in [-0.4, -0.2) is 47.5 Å². The van der Waals surface area contributed by atoms with Gasteiger partial charge in [-0.1, -0.05) is 13.8 Å². The van der Waals surface area contributed by atoms with Crippen molar-refractivity contribution in [2.75, 3.05) is 5.32 Å². The lowest BCUT2D eigenvalue weighted by Gasteiger charge is -2.27. The number of aryl methyl sites for hydroxylation is 1. The topological polar surface area (TPSA) is 124 Å². The molecule has 4 aromatic heterocycles. The summed E-state index contributed by atoms with van der Waals surface area (Å²) < 4.78 is 3.86. The molecule has 39 heavy (non-hydrogen) atoms. The van der Waals surface area contributed by atoms with E-state index < -0.39 is 5.91 Å². The zero-order valence-electron chi connectivity index (χ0n) is 22.4. The fourth-order valence-electron chi connectivity index (χ4n) is 5.63. The maximum atomic E-state index is 12.3. The van der Waals surface area contributed by atoms with Crippen molar-refractivity contribution in [3.05, 3.63) is 66.2 Å². The monoisotopic (exact) mass is 523 g/mol. The zero-order chi connectivity index (χ0) is 27.3. The van der Waals surface area contributed by atoms with Crippen molar-refractivity contribution in [1.29, 1.82) is 0 Å². The van der Waals surface area contributed by atoms with Gasteiger partial charge in [-0.15, -0.1) is 0 Å². The van der Waals surface area contributed by atoms with Crippen LogP contribution >= 0.6 is 0 Å². The van der Waals surface area contributed by atoms with E-state index in [1.807, 2.05) is 46.9 Å². The molecule has 6 rings (SSSR count). The number of nitrogens with one attached hydrogen (secondary N) is 1. The Morgan fingerprint density at radius 2 is 1.87 bits per heavy atom. The van der Waals surface area contributed by atoms with Gasteiger partial charge in [0.05, 0.1) is 28.4 Å². The number of hydrogen-bond acceptors (Lipinski definition) is 6. The number of nitrogens with zero attached hydrogens (tertiary/aromatic N) is 5. The Kier molecular flexibility index (Phi) is 6.31. The quantitative estimate of drug-likeness (QED) is 0.290. The summed E-state index contributed by atoms with van der Waals surface area (Å²) >= 11 is 0. The van der Waals surface area contributed by atoms with Gasteiger partial charge in [-0.2, -0.15) is 5.10 Å². The number of nitrogens with two attached hydrogens (primary N) is 1. The van der Waals surface area contributed by atoms with Crippen LogP contribution in [-0.2, 0) is 7.05 Å². The lowest BCUT2D eigenvalue weighted by molar-refractivity contribution is 0.100. The first-order chi connectivity index (χ1) is 18.8. The number of hydrogen-bond donors (Lipinski definition) is 3. The van der Waals surface area contributed by atoms with Gasteiger partial charge >= 0.3 is 0 Å². The minimum Gasteiger partial charge on any atom is -0.393 e. The molecule has 0 saturated heterocycles. The van der Waals surface area contributed by atoms with Crippen molar-refractivity contribution in [3.63, 3.8) is 0 Å². The largest absolute Gasteiger partial charge is 0.393 e. The van der Waals surface area contributed by atoms with Gasteiger partial charge in [0.15, 0.2) is 5.65 Å². The maximum absolute atomic E-state index is 12.3. The number of carbonyl (C=O) groups is 1. The number of aliphatic hydroxyl groups is 1. The molecular weight excluding hydrogens is 490 g/mol. The Hall–Kier alpha value is -4.24. The average molecular weight is 524 g/mol. The van der Waals surface area contributed by atoms with Crippen LogP contribution in [0, 0.1) is 0 Å². The summed E-state index contributed by atoms with van der Waals surface area (Å²) in [7, 11) is 1.99. The Balaban J connectivity index is 1.48. The molecule has 200 valence electrons. The van der Waals surface area contributed by atoms with Crippen LogP contribution in [0.25, 0.3) is 38.9 Å². The maximum Gasteiger partial charge on any atom is 0.250 e. The average Bonchev–Trinajstić information content (AvgIpc) is 3.50. The van der Waals surface area contributed by atoms with Crippen LogP contribution in [0.15, 0.2) is 55.0 Å². The number of aliphatic hydroxyl groups excluding tert-OH is 1. The fraction of sp³-hybridized carbons (Fsp3) is 0.333. The highest BCUT2D eigenvalue weighted by molar-refractivity contribution is 6.00. The molecule has 9 nitrogen and oxygen atoms in total. The second-order valence-corrected chi connectivity index (χ2v) is 10.8. The van der Waals surface area contributed by atoms with Crippen molar-refractivity contribution in [2.24, 2.45) is 12.8 Å². The molecule has 0 aliphatic heterocycles. The molecule has 0 atom stereocenters. The molecule has 1 aliphatic carbocycles. The van der Waals surface area contributed by atoms with Crippen LogP contribution in [0.2, 0.25) is 0 Å². The van der Waals surface area contributed by atoms with Crippen LogP contribution in [0.3, 0.4) is 0 Å². The number of carbonyl (C=O) groups excluding carboxylic acids is 1. The van der Waals surface area contributed by atoms with E-state index in [4.69, 9.17) is 20.8 Å². The first-order valence-corrected chi connectivity index (χ1v) is 13.5. The van der Waals surface area contributed by atoms with Gasteiger partial charge in [-0.3, -0.25) is 4.79 Å². The molecule has 9 heteroatoms. The Morgan fingerprint density at radius 3 is 2.62 bits per heavy atom. The Labute approximate surface area is 226 Å². The molecule has 1 fully saturated rings. The molecule has 0 unspecified atom stereocenters. The minimum absolute atomic E-state index is 0.154. The van der Waals surface area contributed by atoms with E-state index in [0.29, 0.717) is 11.3 Å². The summed E-state index contributed by atoms with van der Waals surface area (Å²) in [6.45, 7) is 4.25. The van der Waals surface area contributed by atoms with Crippen molar-refractivity contribution in [1.82, 2.24) is 24.3 Å². The molecule has 0 bridgehead atoms. The summed E-state index contributed by atoms with van der Waals surface area (Å²) in [6.07, 6.45) is 8.60. The van der Waals surface area contributed by atoms with E-state index in [9.17, 15) is 9.90 Å². The summed E-state index contributed by atoms with van der Waals surface area (Å²) in [4.78, 5) is 21.7. The highest BCUT2D eigenvalue weighted by Crippen LogP contribution is 2.36. The van der Waals surface area contributed by atoms with Crippen LogP contribution < -0.4 is 11.1 Å².